The third-order valence-corrected chi connectivity index (χ3v) is 3.24. The second-order valence-electron chi connectivity index (χ2n) is 2.87. The molecule has 0 fully saturated rings. The average Bonchev–Trinajstić information content (AvgIpc) is 2.25. The van der Waals surface area contributed by atoms with Crippen LogP contribution in [0, 0.1) is 10.1 Å². The number of carbonyl (C=O) groups is 1. The van der Waals surface area contributed by atoms with Crippen molar-refractivity contribution in [2.24, 2.45) is 0 Å². The lowest BCUT2D eigenvalue weighted by Crippen LogP contribution is -2.01. The van der Waals surface area contributed by atoms with Crippen LogP contribution in [0.2, 0.25) is 0 Å². The lowest BCUT2D eigenvalue weighted by molar-refractivity contribution is -0.385. The molecule has 0 atom stereocenters. The predicted molar refractivity (Wildman–Crippen MR) is 58.1 cm³/mol. The molecule has 0 aliphatic heterocycles. The summed E-state index contributed by atoms with van der Waals surface area (Å²) in [4.78, 5) is 20.0. The van der Waals surface area contributed by atoms with Crippen molar-refractivity contribution in [2.45, 2.75) is 4.90 Å². The Morgan fingerprint density at radius 1 is 1.47 bits per heavy atom. The van der Waals surface area contributed by atoms with E-state index in [1.165, 1.54) is 0 Å². The third kappa shape index (κ3) is 2.71. The molecule has 9 heteroatoms. The van der Waals surface area contributed by atoms with E-state index >= 15 is 0 Å². The van der Waals surface area contributed by atoms with E-state index in [-0.39, 0.29) is 17.6 Å². The van der Waals surface area contributed by atoms with Gasteiger partial charge < -0.3 is 4.74 Å². The Labute approximate surface area is 101 Å². The number of nitro groups is 1. The molecule has 92 valence electrons. The van der Waals surface area contributed by atoms with Gasteiger partial charge in [0.25, 0.3) is 14.7 Å². The summed E-state index contributed by atoms with van der Waals surface area (Å²) in [6.45, 7) is 0. The van der Waals surface area contributed by atoms with Gasteiger partial charge in [0.1, 0.15) is 11.3 Å². The molecular weight excluding hydrogens is 274 g/mol. The highest BCUT2D eigenvalue weighted by molar-refractivity contribution is 8.13. The van der Waals surface area contributed by atoms with Gasteiger partial charge in [0.05, 0.1) is 16.9 Å². The Morgan fingerprint density at radius 3 is 2.41 bits per heavy atom. The molecule has 0 aromatic heterocycles. The Kier molecular flexibility index (Phi) is 3.69. The number of halogens is 1. The van der Waals surface area contributed by atoms with Crippen molar-refractivity contribution in [3.63, 3.8) is 0 Å². The lowest BCUT2D eigenvalue weighted by Gasteiger charge is -2.05. The van der Waals surface area contributed by atoms with Gasteiger partial charge in [-0.1, -0.05) is 0 Å². The van der Waals surface area contributed by atoms with Gasteiger partial charge in [-0.3, -0.25) is 14.9 Å². The predicted octanol–water partition coefficient (Wildman–Crippen LogP) is 1.34. The molecular formula is C8H6ClNO6S. The maximum atomic E-state index is 11.1. The van der Waals surface area contributed by atoms with Crippen molar-refractivity contribution in [1.82, 2.24) is 0 Å². The van der Waals surface area contributed by atoms with Crippen LogP contribution in [0.4, 0.5) is 5.69 Å². The summed E-state index contributed by atoms with van der Waals surface area (Å²) in [5, 5.41) is 10.7. The lowest BCUT2D eigenvalue weighted by atomic mass is 10.2. The zero-order chi connectivity index (χ0) is 13.2. The molecule has 0 aliphatic carbocycles. The van der Waals surface area contributed by atoms with Crippen LogP contribution in [0.1, 0.15) is 10.4 Å². The molecule has 0 aliphatic rings. The standard InChI is InChI=1S/C8H6ClNO6S/c1-16-8-3-5(17(9,14)15)2-7(10(12)13)6(8)4-11/h2-4H,1H3. The van der Waals surface area contributed by atoms with Gasteiger partial charge in [0.15, 0.2) is 6.29 Å². The van der Waals surface area contributed by atoms with E-state index in [1.807, 2.05) is 0 Å². The summed E-state index contributed by atoms with van der Waals surface area (Å²) in [5.41, 5.74) is -1.03. The molecule has 0 radical (unpaired) electrons. The van der Waals surface area contributed by atoms with E-state index in [2.05, 4.69) is 0 Å². The zero-order valence-corrected chi connectivity index (χ0v) is 9.99. The van der Waals surface area contributed by atoms with Crippen molar-refractivity contribution in [2.75, 3.05) is 7.11 Å². The third-order valence-electron chi connectivity index (χ3n) is 1.91. The highest BCUT2D eigenvalue weighted by atomic mass is 35.7. The Bertz CT molecular complexity index is 582. The summed E-state index contributed by atoms with van der Waals surface area (Å²) in [6, 6.07) is 1.65. The number of hydrogen-bond acceptors (Lipinski definition) is 6. The molecule has 0 amide bonds. The molecule has 17 heavy (non-hydrogen) atoms. The summed E-state index contributed by atoms with van der Waals surface area (Å²) in [7, 11) is 2.07. The Morgan fingerprint density at radius 2 is 2.06 bits per heavy atom. The molecule has 0 bridgehead atoms. The van der Waals surface area contributed by atoms with E-state index in [4.69, 9.17) is 15.4 Å². The van der Waals surface area contributed by atoms with Crippen LogP contribution in [-0.4, -0.2) is 26.7 Å². The normalized spacial score (nSPS) is 10.9. The first-order valence-corrected chi connectivity index (χ1v) is 6.38. The van der Waals surface area contributed by atoms with Crippen molar-refractivity contribution in [3.05, 3.63) is 27.8 Å². The van der Waals surface area contributed by atoms with Crippen LogP contribution in [0.25, 0.3) is 0 Å². The van der Waals surface area contributed by atoms with Gasteiger partial charge in [-0.25, -0.2) is 8.42 Å². The first-order valence-electron chi connectivity index (χ1n) is 4.07. The van der Waals surface area contributed by atoms with E-state index in [1.54, 1.807) is 0 Å². The number of benzene rings is 1. The molecule has 0 heterocycles. The monoisotopic (exact) mass is 279 g/mol. The van der Waals surface area contributed by atoms with Crippen LogP contribution in [0.5, 0.6) is 5.75 Å². The average molecular weight is 280 g/mol. The van der Waals surface area contributed by atoms with E-state index in [0.29, 0.717) is 6.07 Å². The molecule has 0 N–H and O–H groups in total. The maximum Gasteiger partial charge on any atom is 0.285 e. The van der Waals surface area contributed by atoms with Crippen LogP contribution >= 0.6 is 10.7 Å². The van der Waals surface area contributed by atoms with Gasteiger partial charge in [-0.05, 0) is 0 Å². The number of hydrogen-bond donors (Lipinski definition) is 0. The SMILES string of the molecule is COc1cc(S(=O)(=O)Cl)cc([N+](=O)[O-])c1C=O. The van der Waals surface area contributed by atoms with Crippen LogP contribution in [0.15, 0.2) is 17.0 Å². The molecule has 0 spiro atoms. The minimum Gasteiger partial charge on any atom is -0.496 e. The summed E-state index contributed by atoms with van der Waals surface area (Å²) < 4.78 is 26.9. The minimum absolute atomic E-state index is 0.210. The number of rotatable bonds is 4. The van der Waals surface area contributed by atoms with Gasteiger partial charge in [-0.2, -0.15) is 0 Å². The molecule has 0 saturated heterocycles. The van der Waals surface area contributed by atoms with Crippen molar-refractivity contribution >= 4 is 31.7 Å². The van der Waals surface area contributed by atoms with Crippen LogP contribution in [-0.2, 0) is 9.05 Å². The van der Waals surface area contributed by atoms with Crippen LogP contribution in [0.3, 0.4) is 0 Å². The van der Waals surface area contributed by atoms with Crippen molar-refractivity contribution in [1.29, 1.82) is 0 Å². The molecule has 0 saturated carbocycles. The summed E-state index contributed by atoms with van der Waals surface area (Å²) >= 11 is 0. The van der Waals surface area contributed by atoms with Gasteiger partial charge in [0, 0.05) is 22.8 Å². The topological polar surface area (TPSA) is 104 Å². The highest BCUT2D eigenvalue weighted by Gasteiger charge is 2.24. The second-order valence-corrected chi connectivity index (χ2v) is 5.44. The van der Waals surface area contributed by atoms with Gasteiger partial charge >= 0.3 is 0 Å². The minimum atomic E-state index is -4.14. The maximum absolute atomic E-state index is 11.1. The fourth-order valence-electron chi connectivity index (χ4n) is 1.17. The quantitative estimate of drug-likeness (QED) is 0.356. The number of ether oxygens (including phenoxy) is 1. The number of methoxy groups -OCH3 is 1. The smallest absolute Gasteiger partial charge is 0.285 e. The largest absolute Gasteiger partial charge is 0.496 e. The van der Waals surface area contributed by atoms with E-state index < -0.39 is 24.6 Å². The van der Waals surface area contributed by atoms with Crippen molar-refractivity contribution < 1.29 is 22.9 Å². The zero-order valence-electron chi connectivity index (χ0n) is 8.41. The molecule has 0 unspecified atom stereocenters. The van der Waals surface area contributed by atoms with E-state index in [0.717, 1.165) is 13.2 Å². The molecule has 1 aromatic carbocycles. The number of nitrogens with zero attached hydrogens (tertiary/aromatic N) is 1. The molecule has 7 nitrogen and oxygen atoms in total. The summed E-state index contributed by atoms with van der Waals surface area (Å²) in [5.74, 6) is -0.228. The molecule has 1 aromatic rings. The number of nitro benzene ring substituents is 1. The Hall–Kier alpha value is -1.67. The second kappa shape index (κ2) is 4.68. The molecule has 1 rings (SSSR count). The fraction of sp³-hybridized carbons (Fsp3) is 0.125. The van der Waals surface area contributed by atoms with Gasteiger partial charge in [-0.15, -0.1) is 0 Å². The van der Waals surface area contributed by atoms with Crippen LogP contribution < -0.4 is 4.74 Å². The highest BCUT2D eigenvalue weighted by Crippen LogP contribution is 2.32. The van der Waals surface area contributed by atoms with E-state index in [9.17, 15) is 23.3 Å². The Balaban J connectivity index is 3.69. The van der Waals surface area contributed by atoms with Gasteiger partial charge in [0.2, 0.25) is 0 Å². The fourth-order valence-corrected chi connectivity index (χ4v) is 1.93. The first kappa shape index (κ1) is 13.4. The summed E-state index contributed by atoms with van der Waals surface area (Å²) in [6.07, 6.45) is 0.210. The first-order chi connectivity index (χ1) is 7.81. The van der Waals surface area contributed by atoms with Crippen molar-refractivity contribution in [3.8, 4) is 5.75 Å². The number of aldehydes is 1. The number of carbonyl (C=O) groups excluding carboxylic acids is 1.